The molecule has 0 aromatic rings. The maximum atomic E-state index is 10.6. The van der Waals surface area contributed by atoms with E-state index in [1.165, 1.54) is 19.3 Å². The Morgan fingerprint density at radius 2 is 2.15 bits per heavy atom. The Kier molecular flexibility index (Phi) is 2.03. The first-order valence-corrected chi connectivity index (χ1v) is 5.49. The van der Waals surface area contributed by atoms with Gasteiger partial charge in [-0.2, -0.15) is 0 Å². The van der Waals surface area contributed by atoms with Crippen molar-refractivity contribution in [3.8, 4) is 0 Å². The Morgan fingerprint density at radius 1 is 1.38 bits per heavy atom. The Labute approximate surface area is 80.8 Å². The van der Waals surface area contributed by atoms with E-state index in [2.05, 4.69) is 26.0 Å². The fourth-order valence-electron chi connectivity index (χ4n) is 3.17. The molecular formula is C12H20O. The van der Waals surface area contributed by atoms with Crippen LogP contribution < -0.4 is 0 Å². The lowest BCUT2D eigenvalue weighted by Crippen LogP contribution is -2.53. The lowest BCUT2D eigenvalue weighted by Gasteiger charge is -2.52. The molecule has 1 fully saturated rings. The van der Waals surface area contributed by atoms with Crippen molar-refractivity contribution in [3.63, 3.8) is 0 Å². The summed E-state index contributed by atoms with van der Waals surface area (Å²) in [5.41, 5.74) is -0.358. The number of hydrogen-bond donors (Lipinski definition) is 1. The normalized spacial score (nSPS) is 50.2. The summed E-state index contributed by atoms with van der Waals surface area (Å²) < 4.78 is 0. The Hall–Kier alpha value is -0.300. The van der Waals surface area contributed by atoms with Crippen molar-refractivity contribution in [3.05, 3.63) is 12.2 Å². The Morgan fingerprint density at radius 3 is 2.85 bits per heavy atom. The molecule has 0 heterocycles. The van der Waals surface area contributed by atoms with Crippen LogP contribution in [0.1, 0.15) is 46.0 Å². The molecule has 1 N–H and O–H groups in total. The van der Waals surface area contributed by atoms with Crippen LogP contribution in [0.2, 0.25) is 0 Å². The molecule has 0 bridgehead atoms. The lowest BCUT2D eigenvalue weighted by atomic mass is 9.56. The highest BCUT2D eigenvalue weighted by molar-refractivity contribution is 5.17. The molecule has 1 saturated carbocycles. The van der Waals surface area contributed by atoms with Crippen LogP contribution in [0.4, 0.5) is 0 Å². The molecule has 0 unspecified atom stereocenters. The van der Waals surface area contributed by atoms with Crippen molar-refractivity contribution in [2.75, 3.05) is 0 Å². The molecule has 0 amide bonds. The summed E-state index contributed by atoms with van der Waals surface area (Å²) in [4.78, 5) is 0. The van der Waals surface area contributed by atoms with Crippen LogP contribution in [0.25, 0.3) is 0 Å². The van der Waals surface area contributed by atoms with E-state index in [-0.39, 0.29) is 5.41 Å². The predicted molar refractivity (Wildman–Crippen MR) is 54.4 cm³/mol. The van der Waals surface area contributed by atoms with Crippen LogP contribution in [-0.4, -0.2) is 10.7 Å². The molecule has 0 radical (unpaired) electrons. The standard InChI is InChI=1S/C12H20O/c1-10-6-5-8-11(2)7-3-4-9-12(10,11)13/h4,9-10,13H,3,5-8H2,1-2H3/t10-,11+,12+/m1/s1. The smallest absolute Gasteiger partial charge is 0.0906 e. The van der Waals surface area contributed by atoms with Gasteiger partial charge in [-0.25, -0.2) is 0 Å². The zero-order valence-electron chi connectivity index (χ0n) is 8.71. The lowest BCUT2D eigenvalue weighted by molar-refractivity contribution is -0.112. The summed E-state index contributed by atoms with van der Waals surface area (Å²) in [7, 11) is 0. The molecule has 2 aliphatic carbocycles. The zero-order valence-corrected chi connectivity index (χ0v) is 8.71. The van der Waals surface area contributed by atoms with Crippen LogP contribution >= 0.6 is 0 Å². The molecular weight excluding hydrogens is 160 g/mol. The van der Waals surface area contributed by atoms with Gasteiger partial charge in [0.05, 0.1) is 5.60 Å². The van der Waals surface area contributed by atoms with E-state index in [4.69, 9.17) is 0 Å². The van der Waals surface area contributed by atoms with Crippen LogP contribution in [0.5, 0.6) is 0 Å². The predicted octanol–water partition coefficient (Wildman–Crippen LogP) is 2.89. The number of hydrogen-bond acceptors (Lipinski definition) is 1. The maximum absolute atomic E-state index is 10.6. The van der Waals surface area contributed by atoms with Gasteiger partial charge in [-0.3, -0.25) is 0 Å². The van der Waals surface area contributed by atoms with Gasteiger partial charge in [0.15, 0.2) is 0 Å². The van der Waals surface area contributed by atoms with Crippen molar-refractivity contribution in [2.45, 2.75) is 51.6 Å². The van der Waals surface area contributed by atoms with Gasteiger partial charge in [-0.15, -0.1) is 0 Å². The molecule has 0 saturated heterocycles. The first kappa shape index (κ1) is 9.26. The van der Waals surface area contributed by atoms with Gasteiger partial charge < -0.3 is 5.11 Å². The molecule has 3 atom stereocenters. The fraction of sp³-hybridized carbons (Fsp3) is 0.833. The van der Waals surface area contributed by atoms with Gasteiger partial charge in [0.25, 0.3) is 0 Å². The summed E-state index contributed by atoms with van der Waals surface area (Å²) in [6, 6.07) is 0. The van der Waals surface area contributed by atoms with Gasteiger partial charge >= 0.3 is 0 Å². The van der Waals surface area contributed by atoms with Crippen molar-refractivity contribution in [1.82, 2.24) is 0 Å². The van der Waals surface area contributed by atoms with Gasteiger partial charge in [-0.1, -0.05) is 32.4 Å². The molecule has 2 aliphatic rings. The summed E-state index contributed by atoms with van der Waals surface area (Å²) in [5, 5.41) is 10.6. The van der Waals surface area contributed by atoms with E-state index >= 15 is 0 Å². The van der Waals surface area contributed by atoms with Gasteiger partial charge in [-0.05, 0) is 31.6 Å². The van der Waals surface area contributed by atoms with Crippen molar-refractivity contribution >= 4 is 0 Å². The fourth-order valence-corrected chi connectivity index (χ4v) is 3.17. The summed E-state index contributed by atoms with van der Waals surface area (Å²) in [6.07, 6.45) is 10.2. The van der Waals surface area contributed by atoms with Crippen molar-refractivity contribution in [1.29, 1.82) is 0 Å². The molecule has 1 heteroatoms. The number of aliphatic hydroxyl groups is 1. The molecule has 1 nitrogen and oxygen atoms in total. The van der Waals surface area contributed by atoms with E-state index in [0.717, 1.165) is 12.8 Å². The maximum Gasteiger partial charge on any atom is 0.0906 e. The molecule has 74 valence electrons. The third-order valence-electron chi connectivity index (χ3n) is 4.32. The van der Waals surface area contributed by atoms with Gasteiger partial charge in [0.1, 0.15) is 0 Å². The summed E-state index contributed by atoms with van der Waals surface area (Å²) in [6.45, 7) is 4.44. The van der Waals surface area contributed by atoms with Crippen LogP contribution in [0, 0.1) is 11.3 Å². The first-order valence-electron chi connectivity index (χ1n) is 5.49. The number of rotatable bonds is 0. The highest BCUT2D eigenvalue weighted by Crippen LogP contribution is 2.52. The monoisotopic (exact) mass is 180 g/mol. The quantitative estimate of drug-likeness (QED) is 0.568. The van der Waals surface area contributed by atoms with Crippen molar-refractivity contribution < 1.29 is 5.11 Å². The minimum Gasteiger partial charge on any atom is -0.385 e. The minimum atomic E-state index is -0.510. The minimum absolute atomic E-state index is 0.152. The van der Waals surface area contributed by atoms with Gasteiger partial charge in [0, 0.05) is 5.41 Å². The average molecular weight is 180 g/mol. The van der Waals surface area contributed by atoms with Crippen LogP contribution in [0.15, 0.2) is 12.2 Å². The second-order valence-corrected chi connectivity index (χ2v) is 5.12. The first-order chi connectivity index (χ1) is 6.08. The molecule has 2 rings (SSSR count). The second-order valence-electron chi connectivity index (χ2n) is 5.12. The highest BCUT2D eigenvalue weighted by Gasteiger charge is 2.51. The van der Waals surface area contributed by atoms with E-state index in [1.807, 2.05) is 0 Å². The average Bonchev–Trinajstić information content (AvgIpc) is 2.09. The van der Waals surface area contributed by atoms with E-state index in [9.17, 15) is 5.11 Å². The van der Waals surface area contributed by atoms with Gasteiger partial charge in [0.2, 0.25) is 0 Å². The Bertz CT molecular complexity index is 233. The molecule has 0 aromatic heterocycles. The molecule has 13 heavy (non-hydrogen) atoms. The number of fused-ring (bicyclic) bond motifs is 1. The summed E-state index contributed by atoms with van der Waals surface area (Å²) >= 11 is 0. The number of allylic oxidation sites excluding steroid dienone is 1. The molecule has 0 aromatic carbocycles. The highest BCUT2D eigenvalue weighted by atomic mass is 16.3. The molecule has 0 aliphatic heterocycles. The molecule has 0 spiro atoms. The second kappa shape index (κ2) is 2.84. The van der Waals surface area contributed by atoms with Crippen LogP contribution in [0.3, 0.4) is 0 Å². The largest absolute Gasteiger partial charge is 0.385 e. The van der Waals surface area contributed by atoms with Crippen LogP contribution in [-0.2, 0) is 0 Å². The van der Waals surface area contributed by atoms with E-state index in [1.54, 1.807) is 0 Å². The van der Waals surface area contributed by atoms with Crippen molar-refractivity contribution in [2.24, 2.45) is 11.3 Å². The van der Waals surface area contributed by atoms with E-state index in [0.29, 0.717) is 5.92 Å². The summed E-state index contributed by atoms with van der Waals surface area (Å²) in [5.74, 6) is 0.433. The third-order valence-corrected chi connectivity index (χ3v) is 4.32. The topological polar surface area (TPSA) is 20.2 Å². The third kappa shape index (κ3) is 1.17. The van der Waals surface area contributed by atoms with E-state index < -0.39 is 5.60 Å². The SMILES string of the molecule is C[C@@H]1CCC[C@]2(C)CCC=C[C@]12O. The Balaban J connectivity index is 2.37. The zero-order chi connectivity index (χ0) is 9.53.